The van der Waals surface area contributed by atoms with Crippen LogP contribution in [0.15, 0.2) is 53.1 Å². The van der Waals surface area contributed by atoms with E-state index < -0.39 is 6.61 Å². The first-order valence-corrected chi connectivity index (χ1v) is 7.20. The van der Waals surface area contributed by atoms with Crippen LogP contribution in [0.3, 0.4) is 0 Å². The van der Waals surface area contributed by atoms with Crippen molar-refractivity contribution in [2.75, 3.05) is 0 Å². The Morgan fingerprint density at radius 2 is 2.00 bits per heavy atom. The van der Waals surface area contributed by atoms with Crippen molar-refractivity contribution in [3.8, 4) is 22.9 Å². The minimum Gasteiger partial charge on any atom is -0.484 e. The maximum atomic E-state index is 12.5. The van der Waals surface area contributed by atoms with Gasteiger partial charge in [0.05, 0.1) is 5.56 Å². The van der Waals surface area contributed by atoms with Crippen LogP contribution in [0, 0.1) is 0 Å². The van der Waals surface area contributed by atoms with Crippen molar-refractivity contribution in [2.24, 2.45) is 0 Å². The Labute approximate surface area is 141 Å². The number of hydrogen-bond donors (Lipinski definition) is 0. The van der Waals surface area contributed by atoms with Crippen LogP contribution in [0.1, 0.15) is 16.2 Å². The maximum Gasteiger partial charge on any atom is 0.387 e. The Bertz CT molecular complexity index is 867. The molecule has 0 aliphatic rings. The molecule has 0 radical (unpaired) electrons. The Hall–Kier alpha value is -3.29. The molecule has 0 N–H and O–H groups in total. The summed E-state index contributed by atoms with van der Waals surface area (Å²) in [7, 11) is 0. The fraction of sp³-hybridized carbons (Fsp3) is 0.118. The molecule has 3 aromatic rings. The highest BCUT2D eigenvalue weighted by molar-refractivity contribution is 5.75. The number of hydrogen-bond acceptors (Lipinski definition) is 6. The number of alkyl halides is 2. The number of para-hydroxylation sites is 1. The molecule has 0 bridgehead atoms. The third-order valence-electron chi connectivity index (χ3n) is 3.17. The van der Waals surface area contributed by atoms with Crippen molar-refractivity contribution in [3.05, 3.63) is 60.0 Å². The van der Waals surface area contributed by atoms with Crippen molar-refractivity contribution < 1.29 is 27.6 Å². The smallest absolute Gasteiger partial charge is 0.387 e. The zero-order valence-corrected chi connectivity index (χ0v) is 12.8. The highest BCUT2D eigenvalue weighted by Gasteiger charge is 2.16. The molecule has 0 amide bonds. The molecule has 25 heavy (non-hydrogen) atoms. The summed E-state index contributed by atoms with van der Waals surface area (Å²) in [6.45, 7) is -2.99. The molecule has 0 aliphatic heterocycles. The third kappa shape index (κ3) is 4.17. The van der Waals surface area contributed by atoms with Crippen LogP contribution < -0.4 is 9.47 Å². The van der Waals surface area contributed by atoms with E-state index in [1.54, 1.807) is 42.5 Å². The van der Waals surface area contributed by atoms with E-state index in [2.05, 4.69) is 14.9 Å². The van der Waals surface area contributed by atoms with Gasteiger partial charge in [-0.3, -0.25) is 4.79 Å². The molecule has 0 fully saturated rings. The van der Waals surface area contributed by atoms with Crippen molar-refractivity contribution >= 4 is 6.29 Å². The van der Waals surface area contributed by atoms with Gasteiger partial charge >= 0.3 is 6.61 Å². The van der Waals surface area contributed by atoms with Crippen LogP contribution >= 0.6 is 0 Å². The van der Waals surface area contributed by atoms with E-state index in [1.165, 1.54) is 6.07 Å². The molecule has 1 aromatic heterocycles. The number of carbonyl (C=O) groups excluding carboxylic acids is 1. The highest BCUT2D eigenvalue weighted by Crippen LogP contribution is 2.29. The number of nitrogens with zero attached hydrogens (tertiary/aromatic N) is 2. The molecule has 2 aromatic carbocycles. The summed E-state index contributed by atoms with van der Waals surface area (Å²) in [6.07, 6.45) is 0.706. The highest BCUT2D eigenvalue weighted by atomic mass is 19.3. The average Bonchev–Trinajstić information content (AvgIpc) is 3.09. The Morgan fingerprint density at radius 1 is 1.16 bits per heavy atom. The summed E-state index contributed by atoms with van der Waals surface area (Å²) in [4.78, 5) is 14.8. The van der Waals surface area contributed by atoms with E-state index in [0.29, 0.717) is 17.6 Å². The first kappa shape index (κ1) is 16.6. The van der Waals surface area contributed by atoms with Gasteiger partial charge < -0.3 is 14.0 Å². The third-order valence-corrected chi connectivity index (χ3v) is 3.17. The van der Waals surface area contributed by atoms with Gasteiger partial charge in [-0.25, -0.2) is 0 Å². The quantitative estimate of drug-likeness (QED) is 0.607. The number of carbonyl (C=O) groups is 1. The molecule has 0 unspecified atom stereocenters. The second kappa shape index (κ2) is 7.52. The molecular formula is C17H12F2N2O4. The van der Waals surface area contributed by atoms with E-state index in [-0.39, 0.29) is 29.6 Å². The van der Waals surface area contributed by atoms with E-state index in [4.69, 9.17) is 9.26 Å². The van der Waals surface area contributed by atoms with Gasteiger partial charge in [-0.05, 0) is 24.3 Å². The minimum atomic E-state index is -2.96. The average molecular weight is 346 g/mol. The second-order valence-electron chi connectivity index (χ2n) is 4.87. The largest absolute Gasteiger partial charge is 0.484 e. The number of halogens is 2. The van der Waals surface area contributed by atoms with Crippen molar-refractivity contribution in [3.63, 3.8) is 0 Å². The number of aromatic nitrogens is 2. The molecular weight excluding hydrogens is 334 g/mol. The predicted molar refractivity (Wildman–Crippen MR) is 82.5 cm³/mol. The monoisotopic (exact) mass is 346 g/mol. The Kier molecular flexibility index (Phi) is 4.98. The van der Waals surface area contributed by atoms with Crippen LogP contribution in [0.25, 0.3) is 11.4 Å². The zero-order valence-electron chi connectivity index (χ0n) is 12.8. The molecule has 1 heterocycles. The van der Waals surface area contributed by atoms with Crippen molar-refractivity contribution in [2.45, 2.75) is 13.2 Å². The normalized spacial score (nSPS) is 10.7. The van der Waals surface area contributed by atoms with Crippen molar-refractivity contribution in [1.29, 1.82) is 0 Å². The Balaban J connectivity index is 1.73. The van der Waals surface area contributed by atoms with Gasteiger partial charge in [0.25, 0.3) is 5.89 Å². The molecule has 0 spiro atoms. The topological polar surface area (TPSA) is 74.5 Å². The van der Waals surface area contributed by atoms with Gasteiger partial charge in [0, 0.05) is 5.56 Å². The standard InChI is InChI=1S/C17H12F2N2O4/c18-17(19)24-14-7-2-1-6-13(14)16-20-15(25-21-16)10-23-12-5-3-4-11(8-12)9-22/h1-9,17H,10H2. The zero-order chi connectivity index (χ0) is 17.6. The van der Waals surface area contributed by atoms with E-state index in [0.717, 1.165) is 0 Å². The van der Waals surface area contributed by atoms with Gasteiger partial charge in [0.2, 0.25) is 5.82 Å². The number of aldehydes is 1. The molecule has 128 valence electrons. The fourth-order valence-corrected chi connectivity index (χ4v) is 2.10. The number of ether oxygens (including phenoxy) is 2. The molecule has 0 saturated heterocycles. The van der Waals surface area contributed by atoms with E-state index >= 15 is 0 Å². The van der Waals surface area contributed by atoms with Crippen LogP contribution in [0.5, 0.6) is 11.5 Å². The lowest BCUT2D eigenvalue weighted by Gasteiger charge is -2.07. The lowest BCUT2D eigenvalue weighted by atomic mass is 10.2. The molecule has 0 saturated carbocycles. The first-order chi connectivity index (χ1) is 12.2. The van der Waals surface area contributed by atoms with Crippen LogP contribution in [-0.4, -0.2) is 23.0 Å². The lowest BCUT2D eigenvalue weighted by molar-refractivity contribution is -0.0494. The Morgan fingerprint density at radius 3 is 2.80 bits per heavy atom. The number of rotatable bonds is 7. The van der Waals surface area contributed by atoms with Crippen molar-refractivity contribution in [1.82, 2.24) is 10.1 Å². The van der Waals surface area contributed by atoms with E-state index in [1.807, 2.05) is 0 Å². The number of benzene rings is 2. The first-order valence-electron chi connectivity index (χ1n) is 7.20. The minimum absolute atomic E-state index is 0.0345. The van der Waals surface area contributed by atoms with Gasteiger partial charge in [-0.2, -0.15) is 13.8 Å². The molecule has 3 rings (SSSR count). The second-order valence-corrected chi connectivity index (χ2v) is 4.87. The maximum absolute atomic E-state index is 12.5. The molecule has 0 aliphatic carbocycles. The van der Waals surface area contributed by atoms with Gasteiger partial charge in [0.15, 0.2) is 6.61 Å². The molecule has 6 nitrogen and oxygen atoms in total. The SMILES string of the molecule is O=Cc1cccc(OCc2nc(-c3ccccc3OC(F)F)no2)c1. The fourth-order valence-electron chi connectivity index (χ4n) is 2.10. The van der Waals surface area contributed by atoms with E-state index in [9.17, 15) is 13.6 Å². The van der Waals surface area contributed by atoms with Gasteiger partial charge in [-0.15, -0.1) is 0 Å². The van der Waals surface area contributed by atoms with Crippen LogP contribution in [0.2, 0.25) is 0 Å². The summed E-state index contributed by atoms with van der Waals surface area (Å²) in [5.41, 5.74) is 0.752. The summed E-state index contributed by atoms with van der Waals surface area (Å²) >= 11 is 0. The van der Waals surface area contributed by atoms with Crippen LogP contribution in [0.4, 0.5) is 8.78 Å². The lowest BCUT2D eigenvalue weighted by Crippen LogP contribution is -2.03. The summed E-state index contributed by atoms with van der Waals surface area (Å²) in [5.74, 6) is 0.671. The van der Waals surface area contributed by atoms with Crippen LogP contribution in [-0.2, 0) is 6.61 Å². The summed E-state index contributed by atoms with van der Waals surface area (Å²) in [5, 5.41) is 3.75. The summed E-state index contributed by atoms with van der Waals surface area (Å²) < 4.78 is 39.9. The predicted octanol–water partition coefficient (Wildman–Crippen LogP) is 3.73. The van der Waals surface area contributed by atoms with Gasteiger partial charge in [-0.1, -0.05) is 29.4 Å². The van der Waals surface area contributed by atoms with Gasteiger partial charge in [0.1, 0.15) is 17.8 Å². The molecule has 8 heteroatoms. The molecule has 0 atom stereocenters. The summed E-state index contributed by atoms with van der Waals surface area (Å²) in [6, 6.07) is 12.7.